The van der Waals surface area contributed by atoms with E-state index in [0.29, 0.717) is 11.4 Å². The van der Waals surface area contributed by atoms with Gasteiger partial charge in [0.1, 0.15) is 5.50 Å². The van der Waals surface area contributed by atoms with Gasteiger partial charge in [0, 0.05) is 30.4 Å². The van der Waals surface area contributed by atoms with Crippen LogP contribution >= 0.6 is 23.4 Å². The summed E-state index contributed by atoms with van der Waals surface area (Å²) in [6, 6.07) is 7.19. The molecule has 0 saturated heterocycles. The predicted molar refractivity (Wildman–Crippen MR) is 84.7 cm³/mol. The Bertz CT molecular complexity index is 516. The molecule has 0 spiro atoms. The van der Waals surface area contributed by atoms with Gasteiger partial charge in [-0.05, 0) is 29.5 Å². The number of hydrogen-bond acceptors (Lipinski definition) is 4. The summed E-state index contributed by atoms with van der Waals surface area (Å²) in [6.45, 7) is 0.771. The Balaban J connectivity index is 1.72. The van der Waals surface area contributed by atoms with E-state index in [-0.39, 0.29) is 11.4 Å². The van der Waals surface area contributed by atoms with E-state index >= 15 is 0 Å². The first-order valence-corrected chi connectivity index (χ1v) is 7.63. The average Bonchev–Trinajstić information content (AvgIpc) is 2.84. The van der Waals surface area contributed by atoms with Gasteiger partial charge in [0.25, 0.3) is 0 Å². The fourth-order valence-electron chi connectivity index (χ4n) is 1.73. The summed E-state index contributed by atoms with van der Waals surface area (Å²) in [4.78, 5) is 17.6. The number of amides is 1. The van der Waals surface area contributed by atoms with Crippen molar-refractivity contribution in [3.05, 3.63) is 46.5 Å². The van der Waals surface area contributed by atoms with E-state index in [1.54, 1.807) is 30.1 Å². The van der Waals surface area contributed by atoms with Crippen LogP contribution in [0.2, 0.25) is 5.02 Å². The van der Waals surface area contributed by atoms with Crippen molar-refractivity contribution in [2.75, 3.05) is 6.54 Å². The molecule has 1 aliphatic rings. The van der Waals surface area contributed by atoms with Crippen LogP contribution in [0.5, 0.6) is 0 Å². The van der Waals surface area contributed by atoms with Gasteiger partial charge >= 0.3 is 0 Å². The molecule has 2 N–H and O–H groups in total. The molecule has 1 aromatic rings. The number of thioether (sulfide) groups is 1. The minimum Gasteiger partial charge on any atom is -0.353 e. The van der Waals surface area contributed by atoms with E-state index < -0.39 is 0 Å². The fraction of sp³-hybridized carbons (Fsp3) is 0.286. The number of nitrogens with zero attached hydrogens (tertiary/aromatic N) is 2. The minimum absolute atomic E-state index is 0.0253. The van der Waals surface area contributed by atoms with Crippen molar-refractivity contribution in [1.82, 2.24) is 4.90 Å². The standard InChI is InChI=1S/C14H16ClN3OS/c15-12-5-3-11(4-6-12)10-17-13(19)2-1-7-18-8-9-20-14(18)16/h3-6,8-10,14H,1-2,7,16H2. The lowest BCUT2D eigenvalue weighted by Crippen LogP contribution is -2.33. The number of carbonyl (C=O) groups excluding carboxylic acids is 1. The molecule has 2 rings (SSSR count). The Morgan fingerprint density at radius 2 is 2.20 bits per heavy atom. The van der Waals surface area contributed by atoms with E-state index in [1.807, 2.05) is 28.6 Å². The molecule has 1 amide bonds. The second kappa shape index (κ2) is 7.47. The van der Waals surface area contributed by atoms with Crippen molar-refractivity contribution in [2.24, 2.45) is 10.7 Å². The first-order valence-electron chi connectivity index (χ1n) is 6.31. The normalized spacial score (nSPS) is 18.1. The van der Waals surface area contributed by atoms with Crippen LogP contribution in [0.4, 0.5) is 0 Å². The molecular weight excluding hydrogens is 294 g/mol. The average molecular weight is 310 g/mol. The Hall–Kier alpha value is -1.30. The maximum Gasteiger partial charge on any atom is 0.245 e. The van der Waals surface area contributed by atoms with Crippen LogP contribution in [-0.4, -0.2) is 29.1 Å². The van der Waals surface area contributed by atoms with Crippen LogP contribution in [0.25, 0.3) is 0 Å². The molecule has 106 valence electrons. The van der Waals surface area contributed by atoms with Gasteiger partial charge < -0.3 is 10.6 Å². The first kappa shape index (κ1) is 15.1. The zero-order valence-electron chi connectivity index (χ0n) is 10.9. The van der Waals surface area contributed by atoms with Crippen LogP contribution < -0.4 is 5.73 Å². The third-order valence-electron chi connectivity index (χ3n) is 2.83. The maximum absolute atomic E-state index is 11.6. The largest absolute Gasteiger partial charge is 0.353 e. The molecule has 0 aliphatic carbocycles. The molecule has 0 saturated carbocycles. The number of benzene rings is 1. The highest BCUT2D eigenvalue weighted by atomic mass is 35.5. The van der Waals surface area contributed by atoms with E-state index in [9.17, 15) is 4.79 Å². The number of nitrogens with two attached hydrogens (primary N) is 1. The molecular formula is C14H16ClN3OS. The quantitative estimate of drug-likeness (QED) is 0.850. The predicted octanol–water partition coefficient (Wildman–Crippen LogP) is 2.83. The lowest BCUT2D eigenvalue weighted by Gasteiger charge is -2.20. The second-order valence-corrected chi connectivity index (χ2v) is 5.82. The number of carbonyl (C=O) groups is 1. The van der Waals surface area contributed by atoms with Gasteiger partial charge in [-0.2, -0.15) is 0 Å². The topological polar surface area (TPSA) is 58.7 Å². The van der Waals surface area contributed by atoms with E-state index in [2.05, 4.69) is 4.99 Å². The SMILES string of the molecule is NC1SC=CN1CCCC(=O)N=Cc1ccc(Cl)cc1. The summed E-state index contributed by atoms with van der Waals surface area (Å²) in [7, 11) is 0. The lowest BCUT2D eigenvalue weighted by atomic mass is 10.2. The van der Waals surface area contributed by atoms with E-state index in [1.165, 1.54) is 0 Å². The molecule has 1 aliphatic heterocycles. The molecule has 1 atom stereocenters. The van der Waals surface area contributed by atoms with Crippen LogP contribution in [0.1, 0.15) is 18.4 Å². The number of halogens is 1. The molecule has 1 unspecified atom stereocenters. The molecule has 0 radical (unpaired) electrons. The summed E-state index contributed by atoms with van der Waals surface area (Å²) in [5.74, 6) is -0.121. The van der Waals surface area contributed by atoms with Gasteiger partial charge in [0.15, 0.2) is 0 Å². The lowest BCUT2D eigenvalue weighted by molar-refractivity contribution is -0.117. The van der Waals surface area contributed by atoms with Gasteiger partial charge in [0.05, 0.1) is 0 Å². The van der Waals surface area contributed by atoms with Crippen molar-refractivity contribution in [2.45, 2.75) is 18.3 Å². The van der Waals surface area contributed by atoms with E-state index in [4.69, 9.17) is 17.3 Å². The van der Waals surface area contributed by atoms with Gasteiger partial charge in [0.2, 0.25) is 5.91 Å². The van der Waals surface area contributed by atoms with Crippen molar-refractivity contribution < 1.29 is 4.79 Å². The van der Waals surface area contributed by atoms with Gasteiger partial charge in [-0.25, -0.2) is 4.99 Å². The van der Waals surface area contributed by atoms with Gasteiger partial charge in [-0.1, -0.05) is 35.5 Å². The summed E-state index contributed by atoms with van der Waals surface area (Å²) in [6.07, 6.45) is 4.69. The number of rotatable bonds is 5. The van der Waals surface area contributed by atoms with Crippen LogP contribution in [0, 0.1) is 0 Å². The second-order valence-electron chi connectivity index (χ2n) is 4.36. The molecule has 0 aromatic heterocycles. The molecule has 4 nitrogen and oxygen atoms in total. The highest BCUT2D eigenvalue weighted by Crippen LogP contribution is 2.20. The highest BCUT2D eigenvalue weighted by molar-refractivity contribution is 8.02. The van der Waals surface area contributed by atoms with Crippen LogP contribution in [-0.2, 0) is 4.79 Å². The Morgan fingerprint density at radius 1 is 1.45 bits per heavy atom. The smallest absolute Gasteiger partial charge is 0.245 e. The Labute approximate surface area is 127 Å². The minimum atomic E-state index is -0.121. The molecule has 1 aromatic carbocycles. The highest BCUT2D eigenvalue weighted by Gasteiger charge is 2.14. The molecule has 1 heterocycles. The molecule has 0 bridgehead atoms. The van der Waals surface area contributed by atoms with Crippen molar-refractivity contribution in [3.63, 3.8) is 0 Å². The monoisotopic (exact) mass is 309 g/mol. The third-order valence-corrected chi connectivity index (χ3v) is 3.91. The van der Waals surface area contributed by atoms with Crippen molar-refractivity contribution >= 4 is 35.5 Å². The summed E-state index contributed by atoms with van der Waals surface area (Å²) in [5, 5.41) is 2.63. The number of hydrogen-bond donors (Lipinski definition) is 1. The Kier molecular flexibility index (Phi) is 5.64. The summed E-state index contributed by atoms with van der Waals surface area (Å²) in [5.41, 5.74) is 6.68. The molecule has 0 fully saturated rings. The summed E-state index contributed by atoms with van der Waals surface area (Å²) < 4.78 is 0. The number of aliphatic imine (C=N–C) groups is 1. The fourth-order valence-corrected chi connectivity index (χ4v) is 2.58. The first-order chi connectivity index (χ1) is 9.65. The van der Waals surface area contributed by atoms with E-state index in [0.717, 1.165) is 18.5 Å². The van der Waals surface area contributed by atoms with Gasteiger partial charge in [-0.15, -0.1) is 0 Å². The molecule has 6 heteroatoms. The summed E-state index contributed by atoms with van der Waals surface area (Å²) >= 11 is 7.35. The zero-order valence-corrected chi connectivity index (χ0v) is 12.5. The molecule has 20 heavy (non-hydrogen) atoms. The maximum atomic E-state index is 11.6. The third kappa shape index (κ3) is 4.67. The van der Waals surface area contributed by atoms with Crippen molar-refractivity contribution in [3.8, 4) is 0 Å². The van der Waals surface area contributed by atoms with Crippen molar-refractivity contribution in [1.29, 1.82) is 0 Å². The van der Waals surface area contributed by atoms with Gasteiger partial charge in [-0.3, -0.25) is 4.79 Å². The zero-order chi connectivity index (χ0) is 14.4. The Morgan fingerprint density at radius 3 is 2.85 bits per heavy atom. The van der Waals surface area contributed by atoms with Crippen LogP contribution in [0.15, 0.2) is 40.9 Å². The van der Waals surface area contributed by atoms with Crippen LogP contribution in [0.3, 0.4) is 0 Å².